The molecule has 0 spiro atoms. The van der Waals surface area contributed by atoms with Gasteiger partial charge in [-0.15, -0.1) is 0 Å². The van der Waals surface area contributed by atoms with E-state index in [1.807, 2.05) is 0 Å². The first-order valence-corrected chi connectivity index (χ1v) is 6.25. The smallest absolute Gasteiger partial charge is 0.434 e. The molecule has 1 N–H and O–H groups in total. The Hall–Kier alpha value is -2.83. The van der Waals surface area contributed by atoms with Gasteiger partial charge in [0.1, 0.15) is 5.65 Å². The van der Waals surface area contributed by atoms with E-state index < -0.39 is 17.8 Å². The Kier molecular flexibility index (Phi) is 3.13. The van der Waals surface area contributed by atoms with Gasteiger partial charge in [-0.25, -0.2) is 9.78 Å². The molecule has 4 nitrogen and oxygen atoms in total. The third-order valence-electron chi connectivity index (χ3n) is 3.19. The third-order valence-corrected chi connectivity index (χ3v) is 3.19. The first-order chi connectivity index (χ1) is 10.4. The van der Waals surface area contributed by atoms with Crippen LogP contribution in [0.1, 0.15) is 16.1 Å². The van der Waals surface area contributed by atoms with Crippen LogP contribution in [0.15, 0.2) is 48.8 Å². The van der Waals surface area contributed by atoms with Gasteiger partial charge in [-0.05, 0) is 29.8 Å². The molecule has 0 fully saturated rings. The molecule has 2 heterocycles. The van der Waals surface area contributed by atoms with E-state index in [-0.39, 0.29) is 11.2 Å². The van der Waals surface area contributed by atoms with Crippen LogP contribution >= 0.6 is 0 Å². The molecule has 0 atom stereocenters. The Bertz CT molecular complexity index is 869. The van der Waals surface area contributed by atoms with Crippen LogP contribution in [0.3, 0.4) is 0 Å². The highest BCUT2D eigenvalue weighted by Gasteiger charge is 2.34. The number of halogens is 3. The topological polar surface area (TPSA) is 54.6 Å². The molecule has 0 unspecified atom stereocenters. The number of carboxylic acid groups (broad SMARTS) is 1. The SMILES string of the molecule is O=C(O)c1cccc(-c2cccn3cc(C(F)(F)F)nc23)c1. The number of fused-ring (bicyclic) bond motifs is 1. The number of carboxylic acids is 1. The number of aromatic nitrogens is 2. The molecule has 0 saturated carbocycles. The predicted molar refractivity (Wildman–Crippen MR) is 72.6 cm³/mol. The van der Waals surface area contributed by atoms with Gasteiger partial charge < -0.3 is 9.51 Å². The fourth-order valence-corrected chi connectivity index (χ4v) is 2.19. The number of rotatable bonds is 2. The predicted octanol–water partition coefficient (Wildman–Crippen LogP) is 3.72. The average molecular weight is 306 g/mol. The van der Waals surface area contributed by atoms with Crippen molar-refractivity contribution < 1.29 is 23.1 Å². The summed E-state index contributed by atoms with van der Waals surface area (Å²) in [6.45, 7) is 0. The summed E-state index contributed by atoms with van der Waals surface area (Å²) in [6, 6.07) is 9.17. The number of imidazole rings is 1. The second kappa shape index (κ2) is 4.87. The van der Waals surface area contributed by atoms with Crippen LogP contribution in [0.25, 0.3) is 16.8 Å². The first kappa shape index (κ1) is 14.1. The van der Waals surface area contributed by atoms with E-state index in [1.54, 1.807) is 18.2 Å². The van der Waals surface area contributed by atoms with Crippen molar-refractivity contribution in [3.8, 4) is 11.1 Å². The third kappa shape index (κ3) is 2.41. The molecular formula is C15H9F3N2O2. The molecule has 7 heteroatoms. The van der Waals surface area contributed by atoms with Gasteiger partial charge in [-0.3, -0.25) is 0 Å². The zero-order valence-corrected chi connectivity index (χ0v) is 11.0. The van der Waals surface area contributed by atoms with Gasteiger partial charge in [0.15, 0.2) is 5.69 Å². The van der Waals surface area contributed by atoms with Crippen LogP contribution in [0.2, 0.25) is 0 Å². The zero-order chi connectivity index (χ0) is 15.9. The number of aromatic carboxylic acids is 1. The summed E-state index contributed by atoms with van der Waals surface area (Å²) >= 11 is 0. The van der Waals surface area contributed by atoms with Crippen molar-refractivity contribution in [3.63, 3.8) is 0 Å². The van der Waals surface area contributed by atoms with Crippen molar-refractivity contribution in [1.29, 1.82) is 0 Å². The highest BCUT2D eigenvalue weighted by molar-refractivity contribution is 5.90. The van der Waals surface area contributed by atoms with Crippen molar-refractivity contribution in [1.82, 2.24) is 9.38 Å². The lowest BCUT2D eigenvalue weighted by atomic mass is 10.0. The number of hydrogen-bond acceptors (Lipinski definition) is 2. The van der Waals surface area contributed by atoms with Crippen molar-refractivity contribution in [2.75, 3.05) is 0 Å². The Morgan fingerprint density at radius 3 is 2.64 bits per heavy atom. The summed E-state index contributed by atoms with van der Waals surface area (Å²) in [5, 5.41) is 9.01. The van der Waals surface area contributed by atoms with Crippen molar-refractivity contribution in [3.05, 3.63) is 60.0 Å². The normalized spacial score (nSPS) is 11.8. The standard InChI is InChI=1S/C15H9F3N2O2/c16-15(17,18)12-8-20-6-2-5-11(13(20)19-12)9-3-1-4-10(7-9)14(21)22/h1-8H,(H,21,22). The van der Waals surface area contributed by atoms with E-state index in [4.69, 9.17) is 5.11 Å². The molecule has 0 bridgehead atoms. The molecule has 1 aromatic carbocycles. The molecule has 0 radical (unpaired) electrons. The van der Waals surface area contributed by atoms with E-state index >= 15 is 0 Å². The van der Waals surface area contributed by atoms with Gasteiger partial charge in [0.05, 0.1) is 5.56 Å². The molecule has 22 heavy (non-hydrogen) atoms. The van der Waals surface area contributed by atoms with E-state index in [0.29, 0.717) is 11.1 Å². The molecule has 3 rings (SSSR count). The molecule has 3 aromatic rings. The maximum absolute atomic E-state index is 12.8. The summed E-state index contributed by atoms with van der Waals surface area (Å²) in [5.41, 5.74) is 0.111. The molecule has 0 saturated heterocycles. The number of pyridine rings is 1. The number of carbonyl (C=O) groups is 1. The summed E-state index contributed by atoms with van der Waals surface area (Å²) in [7, 11) is 0. The molecule has 0 aliphatic carbocycles. The van der Waals surface area contributed by atoms with Crippen LogP contribution < -0.4 is 0 Å². The Balaban J connectivity index is 2.21. The van der Waals surface area contributed by atoms with E-state index in [1.165, 1.54) is 28.8 Å². The van der Waals surface area contributed by atoms with Gasteiger partial charge in [-0.1, -0.05) is 12.1 Å². The highest BCUT2D eigenvalue weighted by Crippen LogP contribution is 2.31. The van der Waals surface area contributed by atoms with E-state index in [9.17, 15) is 18.0 Å². The summed E-state index contributed by atoms with van der Waals surface area (Å²) in [5.74, 6) is -1.10. The van der Waals surface area contributed by atoms with Crippen LogP contribution in [-0.2, 0) is 6.18 Å². The number of alkyl halides is 3. The molecule has 0 aliphatic heterocycles. The average Bonchev–Trinajstić information content (AvgIpc) is 2.91. The fourth-order valence-electron chi connectivity index (χ4n) is 2.19. The second-order valence-electron chi connectivity index (χ2n) is 4.66. The monoisotopic (exact) mass is 306 g/mol. The Labute approximate surface area is 122 Å². The lowest BCUT2D eigenvalue weighted by Crippen LogP contribution is -2.04. The van der Waals surface area contributed by atoms with Gasteiger partial charge in [-0.2, -0.15) is 13.2 Å². The van der Waals surface area contributed by atoms with Crippen molar-refractivity contribution in [2.24, 2.45) is 0 Å². The van der Waals surface area contributed by atoms with Crippen LogP contribution in [-0.4, -0.2) is 20.5 Å². The second-order valence-corrected chi connectivity index (χ2v) is 4.66. The minimum atomic E-state index is -4.54. The maximum atomic E-state index is 12.8. The first-order valence-electron chi connectivity index (χ1n) is 6.25. The van der Waals surface area contributed by atoms with Gasteiger partial charge in [0, 0.05) is 18.0 Å². The minimum Gasteiger partial charge on any atom is -0.478 e. The van der Waals surface area contributed by atoms with Crippen molar-refractivity contribution >= 4 is 11.6 Å². The van der Waals surface area contributed by atoms with Crippen LogP contribution in [0.5, 0.6) is 0 Å². The van der Waals surface area contributed by atoms with E-state index in [0.717, 1.165) is 6.20 Å². The summed E-state index contributed by atoms with van der Waals surface area (Å²) < 4.78 is 39.6. The quantitative estimate of drug-likeness (QED) is 0.785. The molecule has 2 aromatic heterocycles. The molecule has 0 amide bonds. The number of nitrogens with zero attached hydrogens (tertiary/aromatic N) is 2. The zero-order valence-electron chi connectivity index (χ0n) is 11.0. The largest absolute Gasteiger partial charge is 0.478 e. The van der Waals surface area contributed by atoms with E-state index in [2.05, 4.69) is 4.98 Å². The molecular weight excluding hydrogens is 297 g/mol. The number of hydrogen-bond donors (Lipinski definition) is 1. The maximum Gasteiger partial charge on any atom is 0.434 e. The Morgan fingerprint density at radius 2 is 1.95 bits per heavy atom. The summed E-state index contributed by atoms with van der Waals surface area (Å²) in [6.07, 6.45) is -2.17. The number of benzene rings is 1. The Morgan fingerprint density at radius 1 is 1.18 bits per heavy atom. The lowest BCUT2D eigenvalue weighted by Gasteiger charge is -2.05. The van der Waals surface area contributed by atoms with Gasteiger partial charge in [0.25, 0.3) is 0 Å². The molecule has 112 valence electrons. The fraction of sp³-hybridized carbons (Fsp3) is 0.0667. The minimum absolute atomic E-state index is 0.0575. The van der Waals surface area contributed by atoms with Crippen molar-refractivity contribution in [2.45, 2.75) is 6.18 Å². The summed E-state index contributed by atoms with van der Waals surface area (Å²) in [4.78, 5) is 14.6. The molecule has 0 aliphatic rings. The van der Waals surface area contributed by atoms with Crippen LogP contribution in [0, 0.1) is 0 Å². The highest BCUT2D eigenvalue weighted by atomic mass is 19.4. The van der Waals surface area contributed by atoms with Crippen LogP contribution in [0.4, 0.5) is 13.2 Å². The lowest BCUT2D eigenvalue weighted by molar-refractivity contribution is -0.140. The van der Waals surface area contributed by atoms with Gasteiger partial charge in [0.2, 0.25) is 0 Å². The van der Waals surface area contributed by atoms with Gasteiger partial charge >= 0.3 is 12.1 Å².